The Balaban J connectivity index is 2.02. The smallest absolute Gasteiger partial charge is 0.355 e. The Labute approximate surface area is 105 Å². The van der Waals surface area contributed by atoms with Gasteiger partial charge in [0.25, 0.3) is 0 Å². The molecule has 0 atom stereocenters. The van der Waals surface area contributed by atoms with Gasteiger partial charge in [-0.1, -0.05) is 6.07 Å². The number of halogens is 2. The minimum absolute atomic E-state index is 0.0483. The first kappa shape index (κ1) is 12.4. The molecule has 0 aliphatic rings. The molecule has 1 aromatic heterocycles. The van der Waals surface area contributed by atoms with Crippen LogP contribution in [0, 0.1) is 11.6 Å². The predicted octanol–water partition coefficient (Wildman–Crippen LogP) is 2.73. The summed E-state index contributed by atoms with van der Waals surface area (Å²) in [5.41, 5.74) is 0.494. The Hall–Kier alpha value is -2.02. The first-order chi connectivity index (χ1) is 8.56. The molecule has 94 valence electrons. The van der Waals surface area contributed by atoms with E-state index >= 15 is 0 Å². The molecule has 1 aromatic carbocycles. The standard InChI is InChI=1S/C11H8F2N2O2S/c12-7-2-1-6(3-8(7)13)4-14-11-15-9(5-18-11)10(16)17/h1-3,5H,4H2,(H,14,15)(H,16,17). The fourth-order valence-electron chi connectivity index (χ4n) is 1.28. The van der Waals surface area contributed by atoms with Crippen molar-refractivity contribution in [3.05, 3.63) is 46.5 Å². The molecule has 2 aromatic rings. The summed E-state index contributed by atoms with van der Waals surface area (Å²) in [7, 11) is 0. The number of aromatic carboxylic acids is 1. The van der Waals surface area contributed by atoms with Crippen LogP contribution in [0.1, 0.15) is 16.1 Å². The lowest BCUT2D eigenvalue weighted by molar-refractivity contribution is 0.0691. The van der Waals surface area contributed by atoms with Crippen molar-refractivity contribution >= 4 is 22.4 Å². The molecule has 18 heavy (non-hydrogen) atoms. The van der Waals surface area contributed by atoms with Crippen LogP contribution in [0.4, 0.5) is 13.9 Å². The topological polar surface area (TPSA) is 62.2 Å². The third-order valence-electron chi connectivity index (χ3n) is 2.15. The van der Waals surface area contributed by atoms with Crippen molar-refractivity contribution in [2.45, 2.75) is 6.54 Å². The molecule has 0 spiro atoms. The number of aromatic nitrogens is 1. The lowest BCUT2D eigenvalue weighted by Crippen LogP contribution is -2.01. The number of carbonyl (C=O) groups is 1. The van der Waals surface area contributed by atoms with E-state index in [1.165, 1.54) is 11.4 Å². The molecule has 1 heterocycles. The van der Waals surface area contributed by atoms with E-state index in [0.29, 0.717) is 10.7 Å². The summed E-state index contributed by atoms with van der Waals surface area (Å²) in [6, 6.07) is 3.56. The van der Waals surface area contributed by atoms with Crippen LogP contribution in [-0.2, 0) is 6.54 Å². The number of nitrogens with one attached hydrogen (secondary N) is 1. The molecule has 2 rings (SSSR count). The third kappa shape index (κ3) is 2.80. The van der Waals surface area contributed by atoms with Crippen LogP contribution in [0.2, 0.25) is 0 Å². The van der Waals surface area contributed by atoms with Crippen molar-refractivity contribution in [1.29, 1.82) is 0 Å². The molecule has 0 unspecified atom stereocenters. The summed E-state index contributed by atoms with van der Waals surface area (Å²) >= 11 is 1.13. The monoisotopic (exact) mass is 270 g/mol. The zero-order valence-corrected chi connectivity index (χ0v) is 9.80. The molecule has 4 nitrogen and oxygen atoms in total. The van der Waals surface area contributed by atoms with Gasteiger partial charge in [0.05, 0.1) is 0 Å². The summed E-state index contributed by atoms with van der Waals surface area (Å²) in [5.74, 6) is -2.92. The molecule has 0 radical (unpaired) electrons. The van der Waals surface area contributed by atoms with Crippen molar-refractivity contribution in [3.63, 3.8) is 0 Å². The highest BCUT2D eigenvalue weighted by Crippen LogP contribution is 2.17. The zero-order chi connectivity index (χ0) is 13.1. The maximum absolute atomic E-state index is 12.9. The van der Waals surface area contributed by atoms with Crippen molar-refractivity contribution in [2.75, 3.05) is 5.32 Å². The second kappa shape index (κ2) is 5.09. The minimum Gasteiger partial charge on any atom is -0.476 e. The molecule has 0 aliphatic carbocycles. The Morgan fingerprint density at radius 2 is 2.17 bits per heavy atom. The third-order valence-corrected chi connectivity index (χ3v) is 2.95. The predicted molar refractivity (Wildman–Crippen MR) is 62.8 cm³/mol. The van der Waals surface area contributed by atoms with Gasteiger partial charge in [0.2, 0.25) is 0 Å². The summed E-state index contributed by atoms with van der Waals surface area (Å²) in [4.78, 5) is 14.4. The number of anilines is 1. The molecular weight excluding hydrogens is 262 g/mol. The van der Waals surface area contributed by atoms with Crippen molar-refractivity contribution in [2.24, 2.45) is 0 Å². The van der Waals surface area contributed by atoms with Gasteiger partial charge in [0.1, 0.15) is 0 Å². The fraction of sp³-hybridized carbons (Fsp3) is 0.0909. The molecule has 0 bridgehead atoms. The average molecular weight is 270 g/mol. The Morgan fingerprint density at radius 3 is 2.78 bits per heavy atom. The molecule has 7 heteroatoms. The van der Waals surface area contributed by atoms with Gasteiger partial charge >= 0.3 is 5.97 Å². The van der Waals surface area contributed by atoms with E-state index in [0.717, 1.165) is 23.5 Å². The lowest BCUT2D eigenvalue weighted by atomic mass is 10.2. The van der Waals surface area contributed by atoms with Crippen LogP contribution < -0.4 is 5.32 Å². The molecule has 2 N–H and O–H groups in total. The van der Waals surface area contributed by atoms with Gasteiger partial charge in [0, 0.05) is 11.9 Å². The number of carboxylic acids is 1. The molecule has 0 fully saturated rings. The van der Waals surface area contributed by atoms with Crippen molar-refractivity contribution in [1.82, 2.24) is 4.98 Å². The van der Waals surface area contributed by atoms with E-state index in [2.05, 4.69) is 10.3 Å². The number of hydrogen-bond acceptors (Lipinski definition) is 4. The van der Waals surface area contributed by atoms with Crippen LogP contribution >= 0.6 is 11.3 Å². The van der Waals surface area contributed by atoms with E-state index in [4.69, 9.17) is 5.11 Å². The quantitative estimate of drug-likeness (QED) is 0.896. The van der Waals surface area contributed by atoms with Gasteiger partial charge in [-0.05, 0) is 17.7 Å². The highest BCUT2D eigenvalue weighted by molar-refractivity contribution is 7.13. The second-order valence-corrected chi connectivity index (χ2v) is 4.30. The van der Waals surface area contributed by atoms with Gasteiger partial charge in [0.15, 0.2) is 22.5 Å². The maximum atomic E-state index is 12.9. The van der Waals surface area contributed by atoms with Crippen LogP contribution in [0.3, 0.4) is 0 Å². The Kier molecular flexibility index (Phi) is 3.52. The van der Waals surface area contributed by atoms with Crippen LogP contribution in [-0.4, -0.2) is 16.1 Å². The van der Waals surface area contributed by atoms with Crippen LogP contribution in [0.25, 0.3) is 0 Å². The van der Waals surface area contributed by atoms with E-state index < -0.39 is 17.6 Å². The van der Waals surface area contributed by atoms with Crippen molar-refractivity contribution in [3.8, 4) is 0 Å². The van der Waals surface area contributed by atoms with Gasteiger partial charge in [-0.25, -0.2) is 18.6 Å². The highest BCUT2D eigenvalue weighted by Gasteiger charge is 2.08. The largest absolute Gasteiger partial charge is 0.476 e. The molecule has 0 amide bonds. The Morgan fingerprint density at radius 1 is 1.39 bits per heavy atom. The minimum atomic E-state index is -1.10. The van der Waals surface area contributed by atoms with E-state index in [1.807, 2.05) is 0 Å². The molecule has 0 aliphatic heterocycles. The summed E-state index contributed by atoms with van der Waals surface area (Å²) < 4.78 is 25.6. The summed E-state index contributed by atoms with van der Waals surface area (Å²) in [5, 5.41) is 13.3. The maximum Gasteiger partial charge on any atom is 0.355 e. The highest BCUT2D eigenvalue weighted by atomic mass is 32.1. The number of hydrogen-bond donors (Lipinski definition) is 2. The zero-order valence-electron chi connectivity index (χ0n) is 8.98. The normalized spacial score (nSPS) is 10.3. The van der Waals surface area contributed by atoms with Gasteiger partial charge < -0.3 is 10.4 Å². The Bertz CT molecular complexity index is 586. The second-order valence-electron chi connectivity index (χ2n) is 3.45. The first-order valence-electron chi connectivity index (χ1n) is 4.93. The van der Waals surface area contributed by atoms with Crippen LogP contribution in [0.15, 0.2) is 23.6 Å². The SMILES string of the molecule is O=C(O)c1csc(NCc2ccc(F)c(F)c2)n1. The summed E-state index contributed by atoms with van der Waals surface area (Å²) in [6.07, 6.45) is 0. The number of thiazole rings is 1. The fourth-order valence-corrected chi connectivity index (χ4v) is 1.96. The average Bonchev–Trinajstić information content (AvgIpc) is 2.79. The lowest BCUT2D eigenvalue weighted by Gasteiger charge is -2.03. The number of rotatable bonds is 4. The van der Waals surface area contributed by atoms with E-state index in [1.54, 1.807) is 0 Å². The molecule has 0 saturated heterocycles. The van der Waals surface area contributed by atoms with E-state index in [9.17, 15) is 13.6 Å². The van der Waals surface area contributed by atoms with E-state index in [-0.39, 0.29) is 12.2 Å². The van der Waals surface area contributed by atoms with Gasteiger partial charge in [-0.2, -0.15) is 0 Å². The van der Waals surface area contributed by atoms with Crippen LogP contribution in [0.5, 0.6) is 0 Å². The molecular formula is C11H8F2N2O2S. The number of benzene rings is 1. The van der Waals surface area contributed by atoms with Crippen molar-refractivity contribution < 1.29 is 18.7 Å². The summed E-state index contributed by atoms with van der Waals surface area (Å²) in [6.45, 7) is 0.240. The van der Waals surface area contributed by atoms with Gasteiger partial charge in [-0.3, -0.25) is 0 Å². The number of carboxylic acid groups (broad SMARTS) is 1. The first-order valence-corrected chi connectivity index (χ1v) is 5.81. The number of nitrogens with zero attached hydrogens (tertiary/aromatic N) is 1. The molecule has 0 saturated carbocycles. The van der Waals surface area contributed by atoms with Gasteiger partial charge in [-0.15, -0.1) is 11.3 Å².